The minimum atomic E-state index is -0.537. The monoisotopic (exact) mass is 473 g/mol. The third-order valence-electron chi connectivity index (χ3n) is 7.28. The number of aliphatic hydroxyl groups is 1. The minimum absolute atomic E-state index is 0.0578. The highest BCUT2D eigenvalue weighted by molar-refractivity contribution is 8.02. The first-order valence-corrected chi connectivity index (χ1v) is 13.1. The lowest BCUT2D eigenvalue weighted by Gasteiger charge is -2.34. The van der Waals surface area contributed by atoms with E-state index in [1.165, 1.54) is 0 Å². The molecule has 3 fully saturated rings. The van der Waals surface area contributed by atoms with E-state index >= 15 is 0 Å². The third-order valence-corrected chi connectivity index (χ3v) is 9.23. The molecular weight excluding hydrogens is 438 g/mol. The van der Waals surface area contributed by atoms with Gasteiger partial charge in [-0.3, -0.25) is 14.4 Å². The van der Waals surface area contributed by atoms with Crippen molar-refractivity contribution < 1.29 is 19.5 Å². The SMILES string of the molecule is CCCCNC(=O)C1N(CCCCCO)C(=O)[C@@H]2[C@H](C(=O)Nc3ccccc3)[C@@H]3CCC12S3. The summed E-state index contributed by atoms with van der Waals surface area (Å²) < 4.78 is -0.534. The molecule has 1 aromatic rings. The number of fused-ring (bicyclic) bond motifs is 1. The summed E-state index contributed by atoms with van der Waals surface area (Å²) in [6.07, 6.45) is 5.74. The first-order valence-electron chi connectivity index (χ1n) is 12.3. The number of aliphatic hydroxyl groups excluding tert-OH is 1. The molecule has 5 atom stereocenters. The summed E-state index contributed by atoms with van der Waals surface area (Å²) in [6, 6.07) is 8.81. The molecule has 2 unspecified atom stereocenters. The molecule has 3 aliphatic heterocycles. The van der Waals surface area contributed by atoms with Crippen LogP contribution in [0.15, 0.2) is 30.3 Å². The van der Waals surface area contributed by atoms with Gasteiger partial charge in [-0.25, -0.2) is 0 Å². The van der Waals surface area contributed by atoms with Gasteiger partial charge in [0.15, 0.2) is 0 Å². The van der Waals surface area contributed by atoms with E-state index in [1.54, 1.807) is 16.7 Å². The summed E-state index contributed by atoms with van der Waals surface area (Å²) in [7, 11) is 0. The van der Waals surface area contributed by atoms with E-state index in [1.807, 2.05) is 30.3 Å². The van der Waals surface area contributed by atoms with Crippen LogP contribution in [0.25, 0.3) is 0 Å². The number of amides is 3. The molecule has 0 aromatic heterocycles. The molecule has 180 valence electrons. The van der Waals surface area contributed by atoms with Gasteiger partial charge in [0.2, 0.25) is 17.7 Å². The molecule has 3 saturated heterocycles. The van der Waals surface area contributed by atoms with Crippen molar-refractivity contribution in [2.24, 2.45) is 11.8 Å². The van der Waals surface area contributed by atoms with E-state index in [-0.39, 0.29) is 29.6 Å². The van der Waals surface area contributed by atoms with Gasteiger partial charge in [0.05, 0.1) is 16.6 Å². The standard InChI is InChI=1S/C25H35N3O4S/c1-2-3-14-26-23(31)21-25-13-12-18(33-25)19(22(30)27-17-10-6-4-7-11-17)20(25)24(32)28(21)15-8-5-9-16-29/h4,6-7,10-11,18-21,29H,2-3,5,8-9,12-16H2,1H3,(H,26,31)(H,27,30)/t18-,19+,20-,21?,25?/m0/s1. The van der Waals surface area contributed by atoms with Gasteiger partial charge in [-0.05, 0) is 50.7 Å². The lowest BCUT2D eigenvalue weighted by molar-refractivity contribution is -0.139. The van der Waals surface area contributed by atoms with Gasteiger partial charge >= 0.3 is 0 Å². The zero-order chi connectivity index (χ0) is 23.4. The van der Waals surface area contributed by atoms with E-state index in [0.717, 1.165) is 44.2 Å². The number of thioether (sulfide) groups is 1. The van der Waals surface area contributed by atoms with Crippen LogP contribution in [-0.4, -0.2) is 63.5 Å². The molecule has 0 saturated carbocycles. The van der Waals surface area contributed by atoms with Gasteiger partial charge in [0.1, 0.15) is 6.04 Å². The Balaban J connectivity index is 1.58. The van der Waals surface area contributed by atoms with E-state index < -0.39 is 22.6 Å². The summed E-state index contributed by atoms with van der Waals surface area (Å²) in [5, 5.41) is 15.2. The average Bonchev–Trinajstić information content (AvgIpc) is 3.45. The highest BCUT2D eigenvalue weighted by Crippen LogP contribution is 2.66. The molecule has 3 amide bonds. The van der Waals surface area contributed by atoms with Crippen LogP contribution in [0.3, 0.4) is 0 Å². The van der Waals surface area contributed by atoms with Crippen molar-refractivity contribution in [3.63, 3.8) is 0 Å². The Kier molecular flexibility index (Phi) is 7.64. The number of unbranched alkanes of at least 4 members (excludes halogenated alkanes) is 3. The Labute approximate surface area is 200 Å². The molecule has 0 aliphatic carbocycles. The fourth-order valence-electron chi connectivity index (χ4n) is 5.80. The van der Waals surface area contributed by atoms with Crippen molar-refractivity contribution >= 4 is 35.2 Å². The van der Waals surface area contributed by atoms with Gasteiger partial charge in [-0.2, -0.15) is 0 Å². The van der Waals surface area contributed by atoms with Crippen LogP contribution in [-0.2, 0) is 14.4 Å². The van der Waals surface area contributed by atoms with Crippen molar-refractivity contribution in [2.75, 3.05) is 25.0 Å². The third kappa shape index (κ3) is 4.52. The second kappa shape index (κ2) is 10.5. The fourth-order valence-corrected chi connectivity index (χ4v) is 8.02. The van der Waals surface area contributed by atoms with Crippen molar-refractivity contribution in [3.05, 3.63) is 30.3 Å². The molecule has 1 spiro atoms. The largest absolute Gasteiger partial charge is 0.396 e. The molecule has 1 aromatic carbocycles. The number of hydrogen-bond donors (Lipinski definition) is 3. The highest BCUT2D eigenvalue weighted by Gasteiger charge is 2.73. The normalized spacial score (nSPS) is 29.9. The molecule has 2 bridgehead atoms. The number of rotatable bonds is 11. The predicted octanol–water partition coefficient (Wildman–Crippen LogP) is 2.80. The zero-order valence-corrected chi connectivity index (χ0v) is 20.1. The molecule has 4 rings (SSSR count). The molecule has 33 heavy (non-hydrogen) atoms. The maximum atomic E-state index is 13.8. The van der Waals surface area contributed by atoms with Crippen LogP contribution in [0, 0.1) is 11.8 Å². The Morgan fingerprint density at radius 1 is 1.15 bits per heavy atom. The first kappa shape index (κ1) is 24.1. The maximum Gasteiger partial charge on any atom is 0.244 e. The lowest BCUT2D eigenvalue weighted by Crippen LogP contribution is -2.53. The Morgan fingerprint density at radius 2 is 1.94 bits per heavy atom. The molecule has 3 N–H and O–H groups in total. The molecular formula is C25H35N3O4S. The number of hydrogen-bond acceptors (Lipinski definition) is 5. The molecule has 0 radical (unpaired) electrons. The predicted molar refractivity (Wildman–Crippen MR) is 130 cm³/mol. The second-order valence-corrected chi connectivity index (χ2v) is 11.0. The minimum Gasteiger partial charge on any atom is -0.396 e. The number of para-hydroxylation sites is 1. The van der Waals surface area contributed by atoms with Crippen LogP contribution in [0.2, 0.25) is 0 Å². The number of nitrogens with one attached hydrogen (secondary N) is 2. The summed E-state index contributed by atoms with van der Waals surface area (Å²) in [5.74, 6) is -1.16. The molecule has 3 heterocycles. The Morgan fingerprint density at radius 3 is 2.67 bits per heavy atom. The number of anilines is 1. The van der Waals surface area contributed by atoms with E-state index in [4.69, 9.17) is 5.11 Å². The summed E-state index contributed by atoms with van der Waals surface area (Å²) in [5.41, 5.74) is 0.726. The van der Waals surface area contributed by atoms with Crippen LogP contribution < -0.4 is 10.6 Å². The Bertz CT molecular complexity index is 866. The molecule has 3 aliphatic rings. The number of likely N-dealkylation sites (tertiary alicyclic amines) is 1. The summed E-state index contributed by atoms with van der Waals surface area (Å²) in [4.78, 5) is 42.3. The van der Waals surface area contributed by atoms with Gasteiger partial charge in [0, 0.05) is 30.6 Å². The van der Waals surface area contributed by atoms with Crippen LogP contribution in [0.5, 0.6) is 0 Å². The molecule has 8 heteroatoms. The topological polar surface area (TPSA) is 98.7 Å². The quantitative estimate of drug-likeness (QED) is 0.429. The van der Waals surface area contributed by atoms with E-state index in [9.17, 15) is 14.4 Å². The van der Waals surface area contributed by atoms with E-state index in [2.05, 4.69) is 17.6 Å². The molecule has 7 nitrogen and oxygen atoms in total. The van der Waals surface area contributed by atoms with Crippen LogP contribution >= 0.6 is 11.8 Å². The Hall–Kier alpha value is -2.06. The van der Waals surface area contributed by atoms with Gasteiger partial charge in [0.25, 0.3) is 0 Å². The average molecular weight is 474 g/mol. The first-order chi connectivity index (χ1) is 16.0. The fraction of sp³-hybridized carbons (Fsp3) is 0.640. The number of nitrogens with zero attached hydrogens (tertiary/aromatic N) is 1. The van der Waals surface area contributed by atoms with Crippen LogP contribution in [0.4, 0.5) is 5.69 Å². The van der Waals surface area contributed by atoms with Crippen molar-refractivity contribution in [3.8, 4) is 0 Å². The van der Waals surface area contributed by atoms with Crippen LogP contribution in [0.1, 0.15) is 51.9 Å². The summed E-state index contributed by atoms with van der Waals surface area (Å²) >= 11 is 1.70. The van der Waals surface area contributed by atoms with Gasteiger partial charge in [-0.1, -0.05) is 31.5 Å². The number of carbonyl (C=O) groups is 3. The summed E-state index contributed by atoms with van der Waals surface area (Å²) in [6.45, 7) is 3.30. The smallest absolute Gasteiger partial charge is 0.244 e. The van der Waals surface area contributed by atoms with Gasteiger partial charge in [-0.15, -0.1) is 11.8 Å². The second-order valence-electron chi connectivity index (χ2n) is 9.37. The number of carbonyl (C=O) groups excluding carboxylic acids is 3. The van der Waals surface area contributed by atoms with Gasteiger partial charge < -0.3 is 20.6 Å². The zero-order valence-electron chi connectivity index (χ0n) is 19.3. The van der Waals surface area contributed by atoms with Crippen molar-refractivity contribution in [1.82, 2.24) is 10.2 Å². The van der Waals surface area contributed by atoms with E-state index in [0.29, 0.717) is 19.5 Å². The van der Waals surface area contributed by atoms with Crippen molar-refractivity contribution in [1.29, 1.82) is 0 Å². The highest BCUT2D eigenvalue weighted by atomic mass is 32.2. The number of benzene rings is 1. The maximum absolute atomic E-state index is 13.8. The van der Waals surface area contributed by atoms with Crippen molar-refractivity contribution in [2.45, 2.75) is 67.9 Å². The lowest BCUT2D eigenvalue weighted by atomic mass is 9.70.